The number of benzene rings is 1. The number of rotatable bonds is 8. The smallest absolute Gasteiger partial charge is 0.234 e. The molecular formula is C17H25N3O3. The normalized spacial score (nSPS) is 17.6. The molecule has 0 unspecified atom stereocenters. The predicted octanol–water partition coefficient (Wildman–Crippen LogP) is -0.477. The first kappa shape index (κ1) is 17.6. The molecule has 0 saturated carbocycles. The molecule has 1 atom stereocenters. The molecule has 1 aliphatic heterocycles. The minimum absolute atomic E-state index is 0.117. The van der Waals surface area contributed by atoms with Crippen molar-refractivity contribution in [2.24, 2.45) is 0 Å². The minimum atomic E-state index is -0.486. The van der Waals surface area contributed by atoms with Crippen LogP contribution >= 0.6 is 0 Å². The van der Waals surface area contributed by atoms with Gasteiger partial charge in [0.15, 0.2) is 0 Å². The Balaban J connectivity index is 1.74. The number of nitrogens with zero attached hydrogens (tertiary/aromatic N) is 2. The lowest BCUT2D eigenvalue weighted by Gasteiger charge is -2.34. The van der Waals surface area contributed by atoms with Crippen molar-refractivity contribution >= 4 is 12.2 Å². The average Bonchev–Trinajstić information content (AvgIpc) is 2.57. The summed E-state index contributed by atoms with van der Waals surface area (Å²) in [5, 5.41) is 11.7. The number of β-amino-alcohol motifs (C(OH)–C–C–N with tert-alkyl or cyclic N) is 1. The Labute approximate surface area is 137 Å². The van der Waals surface area contributed by atoms with E-state index in [-0.39, 0.29) is 12.5 Å². The number of carbonyl (C=O) groups excluding carboxylic acids is 2. The maximum atomic E-state index is 12.1. The lowest BCUT2D eigenvalue weighted by molar-refractivity contribution is -0.125. The summed E-state index contributed by atoms with van der Waals surface area (Å²) < 4.78 is 0. The van der Waals surface area contributed by atoms with Crippen molar-refractivity contribution < 1.29 is 14.7 Å². The van der Waals surface area contributed by atoms with Gasteiger partial charge in [-0.3, -0.25) is 14.6 Å². The molecule has 1 amide bonds. The van der Waals surface area contributed by atoms with Gasteiger partial charge in [0.05, 0.1) is 19.2 Å². The number of amides is 1. The quantitative estimate of drug-likeness (QED) is 0.634. The van der Waals surface area contributed by atoms with E-state index in [1.807, 2.05) is 30.3 Å². The van der Waals surface area contributed by atoms with Crippen molar-refractivity contribution in [3.8, 4) is 0 Å². The van der Waals surface area contributed by atoms with Crippen LogP contribution in [-0.4, -0.2) is 79.0 Å². The highest BCUT2D eigenvalue weighted by Gasteiger charge is 2.20. The Morgan fingerprint density at radius 3 is 2.43 bits per heavy atom. The van der Waals surface area contributed by atoms with Gasteiger partial charge in [0.25, 0.3) is 0 Å². The molecule has 23 heavy (non-hydrogen) atoms. The Kier molecular flexibility index (Phi) is 7.19. The predicted molar refractivity (Wildman–Crippen MR) is 88.1 cm³/mol. The second kappa shape index (κ2) is 9.39. The topological polar surface area (TPSA) is 72.9 Å². The number of hydrogen-bond donors (Lipinski definition) is 2. The third-order valence-corrected chi connectivity index (χ3v) is 4.06. The monoisotopic (exact) mass is 319 g/mol. The zero-order valence-corrected chi connectivity index (χ0v) is 13.4. The van der Waals surface area contributed by atoms with Crippen LogP contribution in [0.2, 0.25) is 0 Å². The standard InChI is InChI=1S/C17H25N3O3/c21-11-10-19-6-8-20(9-7-19)13-17(23)18-16(14-22)12-15-4-2-1-3-5-15/h1-5,14,16,21H,6-13H2,(H,18,23)/t16-/m0/s1. The fourth-order valence-corrected chi connectivity index (χ4v) is 2.77. The maximum absolute atomic E-state index is 12.1. The summed E-state index contributed by atoms with van der Waals surface area (Å²) >= 11 is 0. The highest BCUT2D eigenvalue weighted by molar-refractivity contribution is 5.81. The fourth-order valence-electron chi connectivity index (χ4n) is 2.77. The van der Waals surface area contributed by atoms with Crippen molar-refractivity contribution in [3.05, 3.63) is 35.9 Å². The SMILES string of the molecule is O=C[C@H](Cc1ccccc1)NC(=O)CN1CCN(CCO)CC1. The van der Waals surface area contributed by atoms with Crippen LogP contribution in [0.4, 0.5) is 0 Å². The molecule has 126 valence electrons. The van der Waals surface area contributed by atoms with Gasteiger partial charge in [-0.25, -0.2) is 0 Å². The van der Waals surface area contributed by atoms with E-state index in [0.717, 1.165) is 38.0 Å². The second-order valence-corrected chi connectivity index (χ2v) is 5.84. The summed E-state index contributed by atoms with van der Waals surface area (Å²) in [6.07, 6.45) is 1.31. The Hall–Kier alpha value is -1.76. The average molecular weight is 319 g/mol. The van der Waals surface area contributed by atoms with Crippen LogP contribution in [0.25, 0.3) is 0 Å². The van der Waals surface area contributed by atoms with Gasteiger partial charge in [0.1, 0.15) is 6.29 Å². The fraction of sp³-hybridized carbons (Fsp3) is 0.529. The molecule has 2 rings (SSSR count). The highest BCUT2D eigenvalue weighted by atomic mass is 16.3. The molecule has 1 aromatic rings. The molecule has 0 bridgehead atoms. The first-order valence-corrected chi connectivity index (χ1v) is 8.05. The summed E-state index contributed by atoms with van der Waals surface area (Å²) in [5.74, 6) is -0.117. The Morgan fingerprint density at radius 1 is 1.17 bits per heavy atom. The van der Waals surface area contributed by atoms with E-state index in [9.17, 15) is 9.59 Å². The van der Waals surface area contributed by atoms with Crippen molar-refractivity contribution in [2.45, 2.75) is 12.5 Å². The Bertz CT molecular complexity index is 487. The van der Waals surface area contributed by atoms with Crippen LogP contribution < -0.4 is 5.32 Å². The van der Waals surface area contributed by atoms with Gasteiger partial charge in [0, 0.05) is 32.7 Å². The van der Waals surface area contributed by atoms with Crippen LogP contribution in [0, 0.1) is 0 Å². The zero-order chi connectivity index (χ0) is 16.5. The third-order valence-electron chi connectivity index (χ3n) is 4.06. The first-order chi connectivity index (χ1) is 11.2. The molecule has 0 radical (unpaired) electrons. The van der Waals surface area contributed by atoms with Crippen molar-refractivity contribution in [2.75, 3.05) is 45.9 Å². The molecule has 6 nitrogen and oxygen atoms in total. The van der Waals surface area contributed by atoms with Gasteiger partial charge >= 0.3 is 0 Å². The zero-order valence-electron chi connectivity index (χ0n) is 13.4. The van der Waals surface area contributed by atoms with E-state index in [1.165, 1.54) is 0 Å². The molecular weight excluding hydrogens is 294 g/mol. The van der Waals surface area contributed by atoms with E-state index in [4.69, 9.17) is 5.11 Å². The number of piperazine rings is 1. The Morgan fingerprint density at radius 2 is 1.83 bits per heavy atom. The van der Waals surface area contributed by atoms with Gasteiger partial charge < -0.3 is 15.2 Å². The number of carbonyl (C=O) groups is 2. The van der Waals surface area contributed by atoms with Crippen LogP contribution in [0.15, 0.2) is 30.3 Å². The maximum Gasteiger partial charge on any atom is 0.234 e. The van der Waals surface area contributed by atoms with Crippen molar-refractivity contribution in [3.63, 3.8) is 0 Å². The summed E-state index contributed by atoms with van der Waals surface area (Å²) in [6.45, 7) is 4.48. The largest absolute Gasteiger partial charge is 0.395 e. The molecule has 0 spiro atoms. The molecule has 1 saturated heterocycles. The second-order valence-electron chi connectivity index (χ2n) is 5.84. The summed E-state index contributed by atoms with van der Waals surface area (Å²) in [6, 6.07) is 9.18. The highest BCUT2D eigenvalue weighted by Crippen LogP contribution is 2.03. The number of hydrogen-bond acceptors (Lipinski definition) is 5. The molecule has 1 aromatic carbocycles. The van der Waals surface area contributed by atoms with Gasteiger partial charge in [-0.05, 0) is 12.0 Å². The lowest BCUT2D eigenvalue weighted by Crippen LogP contribution is -2.51. The molecule has 0 aliphatic carbocycles. The summed E-state index contributed by atoms with van der Waals surface area (Å²) in [4.78, 5) is 27.6. The van der Waals surface area contributed by atoms with Crippen LogP contribution in [0.3, 0.4) is 0 Å². The summed E-state index contributed by atoms with van der Waals surface area (Å²) in [5.41, 5.74) is 1.03. The van der Waals surface area contributed by atoms with E-state index in [1.54, 1.807) is 0 Å². The van der Waals surface area contributed by atoms with E-state index in [2.05, 4.69) is 15.1 Å². The molecule has 2 N–H and O–H groups in total. The first-order valence-electron chi connectivity index (χ1n) is 8.05. The number of aldehydes is 1. The lowest BCUT2D eigenvalue weighted by atomic mass is 10.1. The van der Waals surface area contributed by atoms with Crippen molar-refractivity contribution in [1.29, 1.82) is 0 Å². The van der Waals surface area contributed by atoms with Crippen molar-refractivity contribution in [1.82, 2.24) is 15.1 Å². The van der Waals surface area contributed by atoms with E-state index >= 15 is 0 Å². The number of aliphatic hydroxyl groups is 1. The molecule has 0 aromatic heterocycles. The third kappa shape index (κ3) is 6.09. The van der Waals surface area contributed by atoms with Crippen LogP contribution in [0.1, 0.15) is 5.56 Å². The van der Waals surface area contributed by atoms with Crippen LogP contribution in [-0.2, 0) is 16.0 Å². The molecule has 1 heterocycles. The van der Waals surface area contributed by atoms with Gasteiger partial charge in [-0.15, -0.1) is 0 Å². The molecule has 6 heteroatoms. The minimum Gasteiger partial charge on any atom is -0.395 e. The van der Waals surface area contributed by atoms with Gasteiger partial charge in [-0.1, -0.05) is 30.3 Å². The number of nitrogens with one attached hydrogen (secondary N) is 1. The summed E-state index contributed by atoms with van der Waals surface area (Å²) in [7, 11) is 0. The van der Waals surface area contributed by atoms with Crippen LogP contribution in [0.5, 0.6) is 0 Å². The number of aliphatic hydroxyl groups excluding tert-OH is 1. The van der Waals surface area contributed by atoms with Gasteiger partial charge in [0.2, 0.25) is 5.91 Å². The molecule has 1 fully saturated rings. The van der Waals surface area contributed by atoms with Gasteiger partial charge in [-0.2, -0.15) is 0 Å². The van der Waals surface area contributed by atoms with E-state index < -0.39 is 6.04 Å². The van der Waals surface area contributed by atoms with E-state index in [0.29, 0.717) is 19.5 Å². The molecule has 1 aliphatic rings.